The summed E-state index contributed by atoms with van der Waals surface area (Å²) in [5.41, 5.74) is 2.94. The molecule has 1 aliphatic heterocycles. The highest BCUT2D eigenvalue weighted by molar-refractivity contribution is 6.18. The van der Waals surface area contributed by atoms with Crippen LogP contribution >= 0.6 is 11.6 Å². The standard InChI is InChI=1S/C21H26ClFN4O/c1-3-19-18(14-16-5-4-6-17(23)13-16)21(25-15(2)24-19)27-11-9-26(10-12-27)20(28)7-8-22/h4-6,13H,3,7-12,14H2,1-2H3. The first kappa shape index (κ1) is 20.5. The summed E-state index contributed by atoms with van der Waals surface area (Å²) in [6.45, 7) is 6.70. The minimum atomic E-state index is -0.239. The first-order chi connectivity index (χ1) is 13.5. The number of halogens is 2. The summed E-state index contributed by atoms with van der Waals surface area (Å²) in [5.74, 6) is 1.84. The lowest BCUT2D eigenvalue weighted by Crippen LogP contribution is -2.49. The zero-order chi connectivity index (χ0) is 20.1. The predicted octanol–water partition coefficient (Wildman–Crippen LogP) is 3.35. The van der Waals surface area contributed by atoms with Gasteiger partial charge in [-0.05, 0) is 31.0 Å². The summed E-state index contributed by atoms with van der Waals surface area (Å²) in [6.07, 6.45) is 1.75. The average molecular weight is 405 g/mol. The average Bonchev–Trinajstić information content (AvgIpc) is 2.69. The van der Waals surface area contributed by atoms with Gasteiger partial charge >= 0.3 is 0 Å². The van der Waals surface area contributed by atoms with E-state index in [-0.39, 0.29) is 11.7 Å². The molecule has 2 aromatic rings. The number of benzene rings is 1. The van der Waals surface area contributed by atoms with Gasteiger partial charge in [0.25, 0.3) is 0 Å². The number of aryl methyl sites for hydroxylation is 2. The summed E-state index contributed by atoms with van der Waals surface area (Å²) in [4.78, 5) is 25.5. The Morgan fingerprint density at radius 3 is 2.61 bits per heavy atom. The molecule has 0 spiro atoms. The van der Waals surface area contributed by atoms with Crippen LogP contribution in [0.1, 0.15) is 36.0 Å². The second-order valence-corrected chi connectivity index (χ2v) is 7.36. The third-order valence-electron chi connectivity index (χ3n) is 5.03. The quantitative estimate of drug-likeness (QED) is 0.693. The van der Waals surface area contributed by atoms with Crippen molar-refractivity contribution >= 4 is 23.3 Å². The van der Waals surface area contributed by atoms with E-state index < -0.39 is 0 Å². The zero-order valence-electron chi connectivity index (χ0n) is 16.4. The summed E-state index contributed by atoms with van der Waals surface area (Å²) in [5, 5.41) is 0. The van der Waals surface area contributed by atoms with Crippen LogP contribution in [0.5, 0.6) is 0 Å². The summed E-state index contributed by atoms with van der Waals surface area (Å²) >= 11 is 5.70. The van der Waals surface area contributed by atoms with Crippen molar-refractivity contribution in [3.8, 4) is 0 Å². The number of rotatable bonds is 6. The van der Waals surface area contributed by atoms with Crippen molar-refractivity contribution in [3.05, 3.63) is 52.7 Å². The summed E-state index contributed by atoms with van der Waals surface area (Å²) in [6, 6.07) is 6.67. The highest BCUT2D eigenvalue weighted by Crippen LogP contribution is 2.26. The lowest BCUT2D eigenvalue weighted by atomic mass is 10.0. The van der Waals surface area contributed by atoms with Crippen molar-refractivity contribution in [2.75, 3.05) is 37.0 Å². The minimum Gasteiger partial charge on any atom is -0.353 e. The van der Waals surface area contributed by atoms with Crippen molar-refractivity contribution in [3.63, 3.8) is 0 Å². The topological polar surface area (TPSA) is 49.3 Å². The van der Waals surface area contributed by atoms with Crippen molar-refractivity contribution in [2.45, 2.75) is 33.1 Å². The van der Waals surface area contributed by atoms with E-state index in [0.717, 1.165) is 34.9 Å². The third kappa shape index (κ3) is 4.79. The highest BCUT2D eigenvalue weighted by Gasteiger charge is 2.25. The summed E-state index contributed by atoms with van der Waals surface area (Å²) < 4.78 is 13.7. The molecule has 2 heterocycles. The van der Waals surface area contributed by atoms with Crippen molar-refractivity contribution in [1.82, 2.24) is 14.9 Å². The Morgan fingerprint density at radius 1 is 1.21 bits per heavy atom. The Hall–Kier alpha value is -2.21. The Balaban J connectivity index is 1.86. The van der Waals surface area contributed by atoms with Gasteiger partial charge in [0, 0.05) is 56.2 Å². The number of hydrogen-bond acceptors (Lipinski definition) is 4. The van der Waals surface area contributed by atoms with Gasteiger partial charge in [0.05, 0.1) is 0 Å². The maximum atomic E-state index is 13.7. The van der Waals surface area contributed by atoms with Crippen LogP contribution < -0.4 is 4.90 Å². The molecule has 0 N–H and O–H groups in total. The van der Waals surface area contributed by atoms with Crippen LogP contribution in [0.25, 0.3) is 0 Å². The first-order valence-corrected chi connectivity index (χ1v) is 10.2. The maximum absolute atomic E-state index is 13.7. The van der Waals surface area contributed by atoms with Crippen LogP contribution in [-0.2, 0) is 17.6 Å². The molecule has 28 heavy (non-hydrogen) atoms. The molecule has 0 bridgehead atoms. The van der Waals surface area contributed by atoms with Crippen molar-refractivity contribution < 1.29 is 9.18 Å². The van der Waals surface area contributed by atoms with Crippen LogP contribution in [0.15, 0.2) is 24.3 Å². The van der Waals surface area contributed by atoms with Gasteiger partial charge in [-0.3, -0.25) is 4.79 Å². The monoisotopic (exact) mass is 404 g/mol. The Morgan fingerprint density at radius 2 is 1.96 bits per heavy atom. The number of alkyl halides is 1. The molecule has 0 saturated carbocycles. The van der Waals surface area contributed by atoms with Gasteiger partial charge in [-0.25, -0.2) is 14.4 Å². The summed E-state index contributed by atoms with van der Waals surface area (Å²) in [7, 11) is 0. The number of carbonyl (C=O) groups excluding carboxylic acids is 1. The molecular formula is C21H26ClFN4O. The molecule has 1 amide bonds. The van der Waals surface area contributed by atoms with E-state index in [0.29, 0.717) is 44.9 Å². The molecule has 1 aliphatic rings. The van der Waals surface area contributed by atoms with E-state index in [1.807, 2.05) is 17.9 Å². The second kappa shape index (κ2) is 9.32. The molecule has 1 aromatic heterocycles. The van der Waals surface area contributed by atoms with Crippen LogP contribution in [0.2, 0.25) is 0 Å². The lowest BCUT2D eigenvalue weighted by molar-refractivity contribution is -0.131. The highest BCUT2D eigenvalue weighted by atomic mass is 35.5. The molecule has 0 aliphatic carbocycles. The molecule has 0 unspecified atom stereocenters. The normalized spacial score (nSPS) is 14.4. The molecule has 150 valence electrons. The van der Waals surface area contributed by atoms with Gasteiger partial charge in [0.15, 0.2) is 0 Å². The van der Waals surface area contributed by atoms with Crippen molar-refractivity contribution in [1.29, 1.82) is 0 Å². The number of nitrogens with zero attached hydrogens (tertiary/aromatic N) is 4. The fraction of sp³-hybridized carbons (Fsp3) is 0.476. The van der Waals surface area contributed by atoms with Crippen LogP contribution in [0.3, 0.4) is 0 Å². The number of piperazine rings is 1. The van der Waals surface area contributed by atoms with E-state index in [4.69, 9.17) is 16.6 Å². The van der Waals surface area contributed by atoms with E-state index in [1.54, 1.807) is 12.1 Å². The Kier molecular flexibility index (Phi) is 6.83. The van der Waals surface area contributed by atoms with E-state index in [1.165, 1.54) is 6.07 Å². The molecule has 0 radical (unpaired) electrons. The SMILES string of the molecule is CCc1nc(C)nc(N2CCN(C(=O)CCCl)CC2)c1Cc1cccc(F)c1. The van der Waals surface area contributed by atoms with Gasteiger partial charge in [-0.15, -0.1) is 11.6 Å². The lowest BCUT2D eigenvalue weighted by Gasteiger charge is -2.36. The second-order valence-electron chi connectivity index (χ2n) is 6.99. The molecule has 0 atom stereocenters. The molecule has 3 rings (SSSR count). The minimum absolute atomic E-state index is 0.0998. The molecule has 1 fully saturated rings. The first-order valence-electron chi connectivity index (χ1n) is 9.71. The Labute approximate surface area is 170 Å². The molecule has 5 nitrogen and oxygen atoms in total. The smallest absolute Gasteiger partial charge is 0.223 e. The molecule has 1 aromatic carbocycles. The van der Waals surface area contributed by atoms with Gasteiger partial charge < -0.3 is 9.80 Å². The fourth-order valence-electron chi connectivity index (χ4n) is 3.63. The van der Waals surface area contributed by atoms with Gasteiger partial charge in [-0.1, -0.05) is 19.1 Å². The number of anilines is 1. The number of carbonyl (C=O) groups is 1. The molecular weight excluding hydrogens is 379 g/mol. The van der Waals surface area contributed by atoms with Crippen LogP contribution in [0.4, 0.5) is 10.2 Å². The molecule has 1 saturated heterocycles. The molecule has 7 heteroatoms. The predicted molar refractivity (Wildman–Crippen MR) is 109 cm³/mol. The number of aromatic nitrogens is 2. The van der Waals surface area contributed by atoms with E-state index in [9.17, 15) is 9.18 Å². The zero-order valence-corrected chi connectivity index (χ0v) is 17.2. The van der Waals surface area contributed by atoms with Crippen LogP contribution in [-0.4, -0.2) is 52.8 Å². The number of amides is 1. The van der Waals surface area contributed by atoms with Crippen molar-refractivity contribution in [2.24, 2.45) is 0 Å². The van der Waals surface area contributed by atoms with E-state index >= 15 is 0 Å². The fourth-order valence-corrected chi connectivity index (χ4v) is 3.79. The van der Waals surface area contributed by atoms with Gasteiger partial charge in [0.1, 0.15) is 17.5 Å². The van der Waals surface area contributed by atoms with Gasteiger partial charge in [0.2, 0.25) is 5.91 Å². The third-order valence-corrected chi connectivity index (χ3v) is 5.22. The van der Waals surface area contributed by atoms with E-state index in [2.05, 4.69) is 16.8 Å². The largest absolute Gasteiger partial charge is 0.353 e. The maximum Gasteiger partial charge on any atom is 0.223 e. The van der Waals surface area contributed by atoms with Crippen LogP contribution in [0, 0.1) is 12.7 Å². The Bertz CT molecular complexity index is 837. The number of hydrogen-bond donors (Lipinski definition) is 0. The van der Waals surface area contributed by atoms with Gasteiger partial charge in [-0.2, -0.15) is 0 Å².